The molecule has 0 saturated carbocycles. The minimum atomic E-state index is -0.479. The summed E-state index contributed by atoms with van der Waals surface area (Å²) in [6, 6.07) is 2.06. The number of nitriles is 1. The zero-order valence-electron chi connectivity index (χ0n) is 12.6. The van der Waals surface area contributed by atoms with Crippen molar-refractivity contribution in [3.05, 3.63) is 26.9 Å². The number of aryl methyl sites for hydroxylation is 1. The monoisotopic (exact) mass is 290 g/mol. The lowest BCUT2D eigenvalue weighted by Crippen LogP contribution is -2.46. The van der Waals surface area contributed by atoms with Gasteiger partial charge in [-0.1, -0.05) is 0 Å². The number of hydrogen-bond acceptors (Lipinski definition) is 6. The molecule has 0 amide bonds. The van der Waals surface area contributed by atoms with E-state index >= 15 is 0 Å². The van der Waals surface area contributed by atoms with E-state index in [4.69, 9.17) is 4.74 Å². The van der Waals surface area contributed by atoms with Crippen molar-refractivity contribution in [2.45, 2.75) is 39.9 Å². The summed E-state index contributed by atoms with van der Waals surface area (Å²) in [6.45, 7) is 8.34. The van der Waals surface area contributed by atoms with Gasteiger partial charge in [-0.05, 0) is 27.7 Å². The van der Waals surface area contributed by atoms with Crippen molar-refractivity contribution in [2.75, 3.05) is 18.0 Å². The van der Waals surface area contributed by atoms with Crippen LogP contribution in [0.1, 0.15) is 30.7 Å². The second-order valence-corrected chi connectivity index (χ2v) is 5.40. The molecule has 1 aromatic heterocycles. The van der Waals surface area contributed by atoms with Crippen LogP contribution in [0.4, 0.5) is 11.5 Å². The van der Waals surface area contributed by atoms with Gasteiger partial charge in [0, 0.05) is 13.1 Å². The fourth-order valence-electron chi connectivity index (χ4n) is 2.81. The van der Waals surface area contributed by atoms with Crippen molar-refractivity contribution in [3.63, 3.8) is 0 Å². The van der Waals surface area contributed by atoms with E-state index in [-0.39, 0.29) is 23.5 Å². The van der Waals surface area contributed by atoms with Crippen LogP contribution in [-0.4, -0.2) is 35.2 Å². The molecule has 7 nitrogen and oxygen atoms in total. The summed E-state index contributed by atoms with van der Waals surface area (Å²) in [5.41, 5.74) is 0.897. The highest BCUT2D eigenvalue weighted by Gasteiger charge is 2.29. The molecule has 2 atom stereocenters. The Hall–Kier alpha value is -2.20. The van der Waals surface area contributed by atoms with E-state index in [0.29, 0.717) is 30.2 Å². The molecule has 112 valence electrons. The minimum absolute atomic E-state index is 0.0258. The Labute approximate surface area is 123 Å². The average Bonchev–Trinajstić information content (AvgIpc) is 2.36. The van der Waals surface area contributed by atoms with Crippen LogP contribution in [0, 0.1) is 35.3 Å². The molecule has 1 aliphatic rings. The molecular weight excluding hydrogens is 272 g/mol. The number of nitro groups is 1. The lowest BCUT2D eigenvalue weighted by atomic mass is 10.1. The summed E-state index contributed by atoms with van der Waals surface area (Å²) < 4.78 is 5.67. The van der Waals surface area contributed by atoms with Crippen molar-refractivity contribution >= 4 is 11.5 Å². The summed E-state index contributed by atoms with van der Waals surface area (Å²) in [7, 11) is 0. The molecule has 0 unspecified atom stereocenters. The van der Waals surface area contributed by atoms with Gasteiger partial charge < -0.3 is 9.64 Å². The van der Waals surface area contributed by atoms with Gasteiger partial charge in [0.05, 0.1) is 22.7 Å². The molecule has 0 N–H and O–H groups in total. The molecule has 0 spiro atoms. The van der Waals surface area contributed by atoms with Gasteiger partial charge in [0.15, 0.2) is 0 Å². The number of aromatic nitrogens is 1. The average molecular weight is 290 g/mol. The zero-order valence-corrected chi connectivity index (χ0v) is 12.6. The van der Waals surface area contributed by atoms with Crippen LogP contribution in [0.25, 0.3) is 0 Å². The summed E-state index contributed by atoms with van der Waals surface area (Å²) in [4.78, 5) is 16.9. The molecule has 0 aliphatic carbocycles. The number of rotatable bonds is 2. The fraction of sp³-hybridized carbons (Fsp3) is 0.571. The van der Waals surface area contributed by atoms with E-state index in [1.54, 1.807) is 13.8 Å². The highest BCUT2D eigenvalue weighted by molar-refractivity contribution is 5.65. The largest absolute Gasteiger partial charge is 0.372 e. The van der Waals surface area contributed by atoms with Crippen LogP contribution in [0.5, 0.6) is 0 Å². The maximum atomic E-state index is 11.1. The number of anilines is 1. The number of hydrogen-bond donors (Lipinski definition) is 0. The van der Waals surface area contributed by atoms with Gasteiger partial charge >= 0.3 is 0 Å². The Kier molecular flexibility index (Phi) is 4.09. The molecule has 1 aromatic rings. The third kappa shape index (κ3) is 2.81. The van der Waals surface area contributed by atoms with Gasteiger partial charge in [0.1, 0.15) is 23.1 Å². The Morgan fingerprint density at radius 2 is 1.95 bits per heavy atom. The van der Waals surface area contributed by atoms with E-state index in [0.717, 1.165) is 0 Å². The molecular formula is C14H18N4O3. The first kappa shape index (κ1) is 15.2. The van der Waals surface area contributed by atoms with Crippen molar-refractivity contribution in [2.24, 2.45) is 0 Å². The van der Waals surface area contributed by atoms with Crippen LogP contribution in [0.2, 0.25) is 0 Å². The molecule has 21 heavy (non-hydrogen) atoms. The Morgan fingerprint density at radius 1 is 1.38 bits per heavy atom. The van der Waals surface area contributed by atoms with Crippen LogP contribution in [-0.2, 0) is 4.74 Å². The number of morpholine rings is 1. The molecule has 1 fully saturated rings. The normalized spacial score (nSPS) is 22.0. The summed E-state index contributed by atoms with van der Waals surface area (Å²) in [5.74, 6) is 0.514. The molecule has 1 aliphatic heterocycles. The first-order chi connectivity index (χ1) is 9.85. The third-order valence-corrected chi connectivity index (χ3v) is 3.58. The predicted molar refractivity (Wildman–Crippen MR) is 77.3 cm³/mol. The van der Waals surface area contributed by atoms with Crippen molar-refractivity contribution in [1.82, 2.24) is 4.98 Å². The predicted octanol–water partition coefficient (Wildman–Crippen LogP) is 2.09. The fourth-order valence-corrected chi connectivity index (χ4v) is 2.81. The third-order valence-electron chi connectivity index (χ3n) is 3.58. The van der Waals surface area contributed by atoms with Gasteiger partial charge in [-0.2, -0.15) is 5.26 Å². The maximum Gasteiger partial charge on any atom is 0.294 e. The van der Waals surface area contributed by atoms with E-state index in [9.17, 15) is 15.4 Å². The molecule has 0 radical (unpaired) electrons. The Morgan fingerprint density at radius 3 is 2.43 bits per heavy atom. The Balaban J connectivity index is 2.55. The standard InChI is InChI=1S/C14H18N4O3/c1-8-6-17(7-9(2)21-8)14-12(5-15)10(3)13(18(19)20)11(4)16-14/h8-9H,6-7H2,1-4H3/t8-,9+. The van der Waals surface area contributed by atoms with E-state index in [2.05, 4.69) is 11.1 Å². The van der Waals surface area contributed by atoms with Gasteiger partial charge in [0.2, 0.25) is 0 Å². The number of nitrogens with zero attached hydrogens (tertiary/aromatic N) is 4. The molecule has 0 aromatic carbocycles. The van der Waals surface area contributed by atoms with E-state index < -0.39 is 4.92 Å². The second kappa shape index (κ2) is 5.66. The Bertz CT molecular complexity index is 614. The van der Waals surface area contributed by atoms with Crippen molar-refractivity contribution < 1.29 is 9.66 Å². The van der Waals surface area contributed by atoms with Gasteiger partial charge in [-0.3, -0.25) is 10.1 Å². The first-order valence-electron chi connectivity index (χ1n) is 6.81. The first-order valence-corrected chi connectivity index (χ1v) is 6.81. The van der Waals surface area contributed by atoms with Crippen molar-refractivity contribution in [3.8, 4) is 6.07 Å². The number of pyridine rings is 1. The topological polar surface area (TPSA) is 92.3 Å². The lowest BCUT2D eigenvalue weighted by Gasteiger charge is -2.36. The van der Waals surface area contributed by atoms with Crippen LogP contribution < -0.4 is 4.90 Å². The lowest BCUT2D eigenvalue weighted by molar-refractivity contribution is -0.386. The molecule has 1 saturated heterocycles. The summed E-state index contributed by atoms with van der Waals surface area (Å²) in [6.07, 6.45) is 0.0517. The molecule has 2 heterocycles. The molecule has 2 rings (SSSR count). The molecule has 0 bridgehead atoms. The summed E-state index contributed by atoms with van der Waals surface area (Å²) >= 11 is 0. The van der Waals surface area contributed by atoms with Gasteiger partial charge in [-0.15, -0.1) is 0 Å². The van der Waals surface area contributed by atoms with Crippen LogP contribution >= 0.6 is 0 Å². The van der Waals surface area contributed by atoms with Crippen LogP contribution in [0.15, 0.2) is 0 Å². The van der Waals surface area contributed by atoms with Gasteiger partial charge in [-0.25, -0.2) is 4.98 Å². The zero-order chi connectivity index (χ0) is 15.7. The highest BCUT2D eigenvalue weighted by Crippen LogP contribution is 2.31. The highest BCUT2D eigenvalue weighted by atomic mass is 16.6. The maximum absolute atomic E-state index is 11.1. The minimum Gasteiger partial charge on any atom is -0.372 e. The second-order valence-electron chi connectivity index (χ2n) is 5.40. The number of ether oxygens (including phenoxy) is 1. The SMILES string of the molecule is Cc1nc(N2C[C@@H](C)O[C@@H](C)C2)c(C#N)c(C)c1[N+](=O)[O-]. The molecule has 7 heteroatoms. The summed E-state index contributed by atoms with van der Waals surface area (Å²) in [5, 5.41) is 20.5. The van der Waals surface area contributed by atoms with E-state index in [1.165, 1.54) is 0 Å². The smallest absolute Gasteiger partial charge is 0.294 e. The van der Waals surface area contributed by atoms with E-state index in [1.807, 2.05) is 18.7 Å². The quantitative estimate of drug-likeness (QED) is 0.611. The van der Waals surface area contributed by atoms with Gasteiger partial charge in [0.25, 0.3) is 5.69 Å². The van der Waals surface area contributed by atoms with Crippen LogP contribution in [0.3, 0.4) is 0 Å². The van der Waals surface area contributed by atoms with Crippen molar-refractivity contribution in [1.29, 1.82) is 5.26 Å².